The molecule has 2 heterocycles. The van der Waals surface area contributed by atoms with Gasteiger partial charge in [0.15, 0.2) is 0 Å². The Bertz CT molecular complexity index is 753. The van der Waals surface area contributed by atoms with Crippen molar-refractivity contribution in [3.63, 3.8) is 0 Å². The average Bonchev–Trinajstić information content (AvgIpc) is 2.91. The largest absolute Gasteiger partial charge is 0.351 e. The first-order valence-electron chi connectivity index (χ1n) is 9.63. The molecule has 2 aliphatic heterocycles. The third-order valence-corrected chi connectivity index (χ3v) is 7.28. The summed E-state index contributed by atoms with van der Waals surface area (Å²) < 4.78 is 0. The van der Waals surface area contributed by atoms with Crippen LogP contribution in [0, 0.1) is 31.6 Å². The van der Waals surface area contributed by atoms with Crippen molar-refractivity contribution in [2.45, 2.75) is 51.0 Å². The van der Waals surface area contributed by atoms with E-state index in [0.29, 0.717) is 30.1 Å². The van der Waals surface area contributed by atoms with Crippen LogP contribution in [0.2, 0.25) is 0 Å². The molecule has 0 radical (unpaired) electrons. The standard InChI is InChI=1S/C21H26N2O2/c1-12-3-4-14(7-13(12)2)19-16-10-23(11-17(16)19)20(25)15-8-21(9-15)6-5-18(24)22-21/h3-4,7,15-17,19H,5-6,8-11H2,1-2H3,(H,22,24)/t15?,16-,17+,19?,21?. The smallest absolute Gasteiger partial charge is 0.225 e. The topological polar surface area (TPSA) is 49.4 Å². The molecule has 5 rings (SSSR count). The summed E-state index contributed by atoms with van der Waals surface area (Å²) in [5.41, 5.74) is 4.14. The molecule has 1 unspecified atom stereocenters. The summed E-state index contributed by atoms with van der Waals surface area (Å²) in [6, 6.07) is 6.84. The van der Waals surface area contributed by atoms with E-state index in [4.69, 9.17) is 0 Å². The Morgan fingerprint density at radius 2 is 1.88 bits per heavy atom. The highest BCUT2D eigenvalue weighted by atomic mass is 16.2. The lowest BCUT2D eigenvalue weighted by molar-refractivity contribution is -0.141. The molecule has 4 aliphatic rings. The van der Waals surface area contributed by atoms with Crippen molar-refractivity contribution in [3.8, 4) is 0 Å². The number of nitrogens with zero attached hydrogens (tertiary/aromatic N) is 1. The minimum Gasteiger partial charge on any atom is -0.351 e. The summed E-state index contributed by atoms with van der Waals surface area (Å²) in [4.78, 5) is 26.3. The van der Waals surface area contributed by atoms with Crippen LogP contribution in [0.1, 0.15) is 48.3 Å². The fourth-order valence-corrected chi connectivity index (χ4v) is 5.57. The summed E-state index contributed by atoms with van der Waals surface area (Å²) in [5.74, 6) is 2.60. The molecule has 4 fully saturated rings. The van der Waals surface area contributed by atoms with Crippen molar-refractivity contribution in [2.24, 2.45) is 17.8 Å². The fourth-order valence-electron chi connectivity index (χ4n) is 5.57. The number of nitrogens with one attached hydrogen (secondary N) is 1. The Labute approximate surface area is 149 Å². The second-order valence-corrected chi connectivity index (χ2v) is 8.87. The van der Waals surface area contributed by atoms with Gasteiger partial charge in [-0.15, -0.1) is 0 Å². The van der Waals surface area contributed by atoms with Crippen LogP contribution in [-0.2, 0) is 9.59 Å². The predicted octanol–water partition coefficient (Wildman–Crippen LogP) is 2.53. The van der Waals surface area contributed by atoms with Crippen LogP contribution < -0.4 is 5.32 Å². The number of likely N-dealkylation sites (tertiary alicyclic amines) is 1. The number of fused-ring (bicyclic) bond motifs is 1. The second-order valence-electron chi connectivity index (χ2n) is 8.87. The van der Waals surface area contributed by atoms with E-state index >= 15 is 0 Å². The molecular formula is C21H26N2O2. The number of piperidine rings is 1. The normalized spacial score (nSPS) is 38.5. The summed E-state index contributed by atoms with van der Waals surface area (Å²) in [6.45, 7) is 6.19. The third kappa shape index (κ3) is 2.33. The van der Waals surface area contributed by atoms with E-state index in [0.717, 1.165) is 32.4 Å². The molecule has 2 saturated carbocycles. The zero-order valence-electron chi connectivity index (χ0n) is 15.0. The Morgan fingerprint density at radius 1 is 1.16 bits per heavy atom. The minimum atomic E-state index is -0.0397. The third-order valence-electron chi connectivity index (χ3n) is 7.28. The molecule has 2 saturated heterocycles. The van der Waals surface area contributed by atoms with Gasteiger partial charge in [0.25, 0.3) is 0 Å². The quantitative estimate of drug-likeness (QED) is 0.901. The van der Waals surface area contributed by atoms with Crippen LogP contribution in [-0.4, -0.2) is 35.3 Å². The van der Waals surface area contributed by atoms with Crippen LogP contribution in [0.3, 0.4) is 0 Å². The number of rotatable bonds is 2. The molecule has 25 heavy (non-hydrogen) atoms. The Kier molecular flexibility index (Phi) is 3.14. The number of amides is 2. The maximum atomic E-state index is 12.8. The molecule has 2 amide bonds. The van der Waals surface area contributed by atoms with Gasteiger partial charge in [-0.25, -0.2) is 0 Å². The van der Waals surface area contributed by atoms with Crippen molar-refractivity contribution in [1.82, 2.24) is 10.2 Å². The lowest BCUT2D eigenvalue weighted by Crippen LogP contribution is -2.56. The number of carbonyl (C=O) groups excluding carboxylic acids is 2. The van der Waals surface area contributed by atoms with Crippen molar-refractivity contribution in [3.05, 3.63) is 34.9 Å². The number of benzene rings is 1. The molecular weight excluding hydrogens is 312 g/mol. The van der Waals surface area contributed by atoms with Crippen LogP contribution in [0.15, 0.2) is 18.2 Å². The van der Waals surface area contributed by atoms with E-state index in [9.17, 15) is 9.59 Å². The van der Waals surface area contributed by atoms with E-state index in [1.807, 2.05) is 0 Å². The predicted molar refractivity (Wildman–Crippen MR) is 95.0 cm³/mol. The molecule has 0 bridgehead atoms. The molecule has 1 spiro atoms. The molecule has 0 aromatic heterocycles. The number of carbonyl (C=O) groups is 2. The maximum absolute atomic E-state index is 12.8. The van der Waals surface area contributed by atoms with Crippen molar-refractivity contribution in [2.75, 3.05) is 13.1 Å². The van der Waals surface area contributed by atoms with Crippen molar-refractivity contribution < 1.29 is 9.59 Å². The SMILES string of the molecule is Cc1ccc(C2[C@H]3CN(C(=O)C4CC5(CCC(=O)N5)C4)C[C@@H]23)cc1C. The molecule has 4 heteroatoms. The first-order chi connectivity index (χ1) is 12.0. The Hall–Kier alpha value is -1.84. The van der Waals surface area contributed by atoms with Gasteiger partial charge in [-0.05, 0) is 67.6 Å². The van der Waals surface area contributed by atoms with E-state index in [-0.39, 0.29) is 17.4 Å². The van der Waals surface area contributed by atoms with Gasteiger partial charge in [-0.3, -0.25) is 9.59 Å². The van der Waals surface area contributed by atoms with Crippen molar-refractivity contribution in [1.29, 1.82) is 0 Å². The van der Waals surface area contributed by atoms with Gasteiger partial charge in [0.1, 0.15) is 0 Å². The van der Waals surface area contributed by atoms with Gasteiger partial charge >= 0.3 is 0 Å². The lowest BCUT2D eigenvalue weighted by atomic mass is 9.67. The molecule has 1 aromatic rings. The number of hydrogen-bond donors (Lipinski definition) is 1. The minimum absolute atomic E-state index is 0.0397. The monoisotopic (exact) mass is 338 g/mol. The van der Waals surface area contributed by atoms with Crippen LogP contribution in [0.4, 0.5) is 0 Å². The maximum Gasteiger partial charge on any atom is 0.225 e. The summed E-state index contributed by atoms with van der Waals surface area (Å²) in [5, 5.41) is 3.09. The van der Waals surface area contributed by atoms with E-state index in [2.05, 4.69) is 42.3 Å². The molecule has 1 N–H and O–H groups in total. The van der Waals surface area contributed by atoms with E-state index in [1.165, 1.54) is 16.7 Å². The molecule has 3 atom stereocenters. The van der Waals surface area contributed by atoms with E-state index in [1.54, 1.807) is 0 Å². The van der Waals surface area contributed by atoms with Crippen molar-refractivity contribution >= 4 is 11.8 Å². The van der Waals surface area contributed by atoms with Gasteiger partial charge in [-0.2, -0.15) is 0 Å². The second kappa shape index (κ2) is 5.09. The zero-order valence-corrected chi connectivity index (χ0v) is 15.0. The molecule has 4 nitrogen and oxygen atoms in total. The molecule has 132 valence electrons. The molecule has 2 aliphatic carbocycles. The van der Waals surface area contributed by atoms with Gasteiger partial charge in [0.05, 0.1) is 0 Å². The average molecular weight is 338 g/mol. The van der Waals surface area contributed by atoms with Crippen LogP contribution in [0.5, 0.6) is 0 Å². The first kappa shape index (κ1) is 15.4. The van der Waals surface area contributed by atoms with Crippen LogP contribution >= 0.6 is 0 Å². The molecule has 1 aromatic carbocycles. The summed E-state index contributed by atoms with van der Waals surface area (Å²) in [7, 11) is 0. The van der Waals surface area contributed by atoms with Gasteiger partial charge in [-0.1, -0.05) is 18.2 Å². The highest BCUT2D eigenvalue weighted by Crippen LogP contribution is 2.59. The highest BCUT2D eigenvalue weighted by Gasteiger charge is 2.59. The zero-order chi connectivity index (χ0) is 17.3. The van der Waals surface area contributed by atoms with E-state index < -0.39 is 0 Å². The van der Waals surface area contributed by atoms with Crippen LogP contribution in [0.25, 0.3) is 0 Å². The van der Waals surface area contributed by atoms with Gasteiger partial charge < -0.3 is 10.2 Å². The summed E-state index contributed by atoms with van der Waals surface area (Å²) in [6.07, 6.45) is 3.25. The number of hydrogen-bond acceptors (Lipinski definition) is 2. The van der Waals surface area contributed by atoms with Gasteiger partial charge in [0.2, 0.25) is 11.8 Å². The Balaban J connectivity index is 1.18. The lowest BCUT2D eigenvalue weighted by Gasteiger charge is -2.45. The summed E-state index contributed by atoms with van der Waals surface area (Å²) >= 11 is 0. The van der Waals surface area contributed by atoms with Gasteiger partial charge in [0, 0.05) is 31.0 Å². The Morgan fingerprint density at radius 3 is 2.48 bits per heavy atom. The fraction of sp³-hybridized carbons (Fsp3) is 0.619. The number of aryl methyl sites for hydroxylation is 2. The first-order valence-corrected chi connectivity index (χ1v) is 9.63. The highest BCUT2D eigenvalue weighted by molar-refractivity contribution is 5.84.